The highest BCUT2D eigenvalue weighted by Crippen LogP contribution is 2.35. The van der Waals surface area contributed by atoms with Crippen LogP contribution >= 0.6 is 15.9 Å². The van der Waals surface area contributed by atoms with Crippen molar-refractivity contribution in [2.24, 2.45) is 0 Å². The molecule has 1 aliphatic rings. The Hall–Kier alpha value is -2.01. The molecule has 0 unspecified atom stereocenters. The van der Waals surface area contributed by atoms with Gasteiger partial charge in [0.15, 0.2) is 11.5 Å². The lowest BCUT2D eigenvalue weighted by molar-refractivity contribution is 0.174. The SMILES string of the molecule is Brc1ccn2cc(-c3ccc4c(c3)OCO4)nc2c1. The third-order valence-corrected chi connectivity index (χ3v) is 3.58. The third-order valence-electron chi connectivity index (χ3n) is 3.09. The minimum Gasteiger partial charge on any atom is -0.454 e. The van der Waals surface area contributed by atoms with Crippen LogP contribution in [0.25, 0.3) is 16.9 Å². The van der Waals surface area contributed by atoms with Gasteiger partial charge < -0.3 is 13.9 Å². The Morgan fingerprint density at radius 2 is 2.00 bits per heavy atom. The van der Waals surface area contributed by atoms with Gasteiger partial charge in [-0.2, -0.15) is 0 Å². The number of rotatable bonds is 1. The van der Waals surface area contributed by atoms with Gasteiger partial charge in [-0.3, -0.25) is 0 Å². The van der Waals surface area contributed by atoms with Gasteiger partial charge in [0, 0.05) is 22.4 Å². The fraction of sp³-hybridized carbons (Fsp3) is 0.0714. The fourth-order valence-electron chi connectivity index (χ4n) is 2.15. The smallest absolute Gasteiger partial charge is 0.231 e. The maximum Gasteiger partial charge on any atom is 0.231 e. The highest BCUT2D eigenvalue weighted by atomic mass is 79.9. The Kier molecular flexibility index (Phi) is 2.29. The van der Waals surface area contributed by atoms with Gasteiger partial charge in [0.05, 0.1) is 5.69 Å². The molecule has 2 aromatic heterocycles. The van der Waals surface area contributed by atoms with Crippen molar-refractivity contribution in [1.82, 2.24) is 9.38 Å². The van der Waals surface area contributed by atoms with Crippen molar-refractivity contribution >= 4 is 21.6 Å². The zero-order valence-corrected chi connectivity index (χ0v) is 11.4. The molecular weight excluding hydrogens is 308 g/mol. The molecule has 0 saturated carbocycles. The molecule has 0 spiro atoms. The molecule has 0 N–H and O–H groups in total. The van der Waals surface area contributed by atoms with E-state index in [1.807, 2.05) is 47.1 Å². The molecule has 4 rings (SSSR count). The lowest BCUT2D eigenvalue weighted by Crippen LogP contribution is -1.92. The van der Waals surface area contributed by atoms with Crippen LogP contribution in [0.4, 0.5) is 0 Å². The van der Waals surface area contributed by atoms with Crippen LogP contribution < -0.4 is 9.47 Å². The molecule has 3 aromatic rings. The molecule has 94 valence electrons. The molecule has 1 aliphatic heterocycles. The number of imidazole rings is 1. The fourth-order valence-corrected chi connectivity index (χ4v) is 2.47. The Morgan fingerprint density at radius 1 is 1.11 bits per heavy atom. The maximum atomic E-state index is 5.39. The molecule has 0 radical (unpaired) electrons. The van der Waals surface area contributed by atoms with Gasteiger partial charge in [-0.25, -0.2) is 4.98 Å². The predicted molar refractivity (Wildman–Crippen MR) is 74.5 cm³/mol. The Morgan fingerprint density at radius 3 is 2.95 bits per heavy atom. The van der Waals surface area contributed by atoms with Crippen molar-refractivity contribution < 1.29 is 9.47 Å². The van der Waals surface area contributed by atoms with Crippen molar-refractivity contribution in [1.29, 1.82) is 0 Å². The van der Waals surface area contributed by atoms with Crippen LogP contribution in [-0.2, 0) is 0 Å². The second-order valence-corrected chi connectivity index (χ2v) is 5.22. The zero-order chi connectivity index (χ0) is 12.8. The van der Waals surface area contributed by atoms with Gasteiger partial charge in [0.2, 0.25) is 6.79 Å². The number of halogens is 1. The zero-order valence-electron chi connectivity index (χ0n) is 9.84. The van der Waals surface area contributed by atoms with E-state index in [4.69, 9.17) is 9.47 Å². The van der Waals surface area contributed by atoms with E-state index in [2.05, 4.69) is 20.9 Å². The summed E-state index contributed by atoms with van der Waals surface area (Å²) < 4.78 is 13.7. The Balaban J connectivity index is 1.85. The molecule has 3 heterocycles. The van der Waals surface area contributed by atoms with Crippen LogP contribution in [0.3, 0.4) is 0 Å². The summed E-state index contributed by atoms with van der Waals surface area (Å²) in [5, 5.41) is 0. The molecule has 0 fully saturated rings. The number of hydrogen-bond acceptors (Lipinski definition) is 3. The average Bonchev–Trinajstić information content (AvgIpc) is 3.02. The van der Waals surface area contributed by atoms with Crippen LogP contribution in [0, 0.1) is 0 Å². The average molecular weight is 317 g/mol. The van der Waals surface area contributed by atoms with E-state index in [0.717, 1.165) is 32.9 Å². The summed E-state index contributed by atoms with van der Waals surface area (Å²) in [7, 11) is 0. The molecule has 0 bridgehead atoms. The molecule has 4 nitrogen and oxygen atoms in total. The van der Waals surface area contributed by atoms with Crippen molar-refractivity contribution in [2.45, 2.75) is 0 Å². The summed E-state index contributed by atoms with van der Waals surface area (Å²) in [5.41, 5.74) is 2.84. The molecule has 0 saturated heterocycles. The largest absolute Gasteiger partial charge is 0.454 e. The first-order valence-corrected chi connectivity index (χ1v) is 6.63. The van der Waals surface area contributed by atoms with Gasteiger partial charge in [0.1, 0.15) is 5.65 Å². The molecule has 0 amide bonds. The summed E-state index contributed by atoms with van der Waals surface area (Å²) in [6.45, 7) is 0.289. The number of benzene rings is 1. The minimum atomic E-state index is 0.289. The van der Waals surface area contributed by atoms with Crippen molar-refractivity contribution in [2.75, 3.05) is 6.79 Å². The standard InChI is InChI=1S/C14H9BrN2O2/c15-10-3-4-17-7-11(16-14(17)6-10)9-1-2-12-13(5-9)19-8-18-12/h1-7H,8H2. The lowest BCUT2D eigenvalue weighted by Gasteiger charge is -1.98. The second-order valence-electron chi connectivity index (χ2n) is 4.30. The van der Waals surface area contributed by atoms with Crippen LogP contribution in [0.2, 0.25) is 0 Å². The normalized spacial score (nSPS) is 13.1. The topological polar surface area (TPSA) is 35.8 Å². The van der Waals surface area contributed by atoms with Crippen molar-refractivity contribution in [3.63, 3.8) is 0 Å². The molecule has 5 heteroatoms. The highest BCUT2D eigenvalue weighted by Gasteiger charge is 2.15. The number of ether oxygens (including phenoxy) is 2. The van der Waals surface area contributed by atoms with E-state index < -0.39 is 0 Å². The van der Waals surface area contributed by atoms with E-state index in [-0.39, 0.29) is 6.79 Å². The number of nitrogens with zero attached hydrogens (tertiary/aromatic N) is 2. The predicted octanol–water partition coefficient (Wildman–Crippen LogP) is 3.49. The van der Waals surface area contributed by atoms with Crippen LogP contribution in [0.15, 0.2) is 47.2 Å². The first-order valence-electron chi connectivity index (χ1n) is 5.84. The quantitative estimate of drug-likeness (QED) is 0.689. The van der Waals surface area contributed by atoms with Crippen LogP contribution in [0.1, 0.15) is 0 Å². The number of pyridine rings is 1. The molecular formula is C14H9BrN2O2. The highest BCUT2D eigenvalue weighted by molar-refractivity contribution is 9.10. The monoisotopic (exact) mass is 316 g/mol. The summed E-state index contributed by atoms with van der Waals surface area (Å²) in [5.74, 6) is 1.56. The lowest BCUT2D eigenvalue weighted by atomic mass is 10.1. The van der Waals surface area contributed by atoms with E-state index in [1.165, 1.54) is 0 Å². The van der Waals surface area contributed by atoms with E-state index >= 15 is 0 Å². The molecule has 1 aromatic carbocycles. The van der Waals surface area contributed by atoms with Gasteiger partial charge >= 0.3 is 0 Å². The van der Waals surface area contributed by atoms with E-state index in [9.17, 15) is 0 Å². The summed E-state index contributed by atoms with van der Waals surface area (Å²) in [6, 6.07) is 9.83. The first kappa shape index (κ1) is 10.9. The van der Waals surface area contributed by atoms with Crippen molar-refractivity contribution in [3.05, 3.63) is 47.2 Å². The third kappa shape index (κ3) is 1.77. The second kappa shape index (κ2) is 3.99. The van der Waals surface area contributed by atoms with Crippen molar-refractivity contribution in [3.8, 4) is 22.8 Å². The van der Waals surface area contributed by atoms with E-state index in [0.29, 0.717) is 0 Å². The summed E-state index contributed by atoms with van der Waals surface area (Å²) in [6.07, 6.45) is 3.97. The Labute approximate surface area is 117 Å². The number of fused-ring (bicyclic) bond motifs is 2. The summed E-state index contributed by atoms with van der Waals surface area (Å²) >= 11 is 3.45. The van der Waals surface area contributed by atoms with Gasteiger partial charge in [-0.15, -0.1) is 0 Å². The Bertz CT molecular complexity index is 782. The number of aromatic nitrogens is 2. The number of hydrogen-bond donors (Lipinski definition) is 0. The van der Waals surface area contributed by atoms with Gasteiger partial charge in [-0.1, -0.05) is 15.9 Å². The minimum absolute atomic E-state index is 0.289. The molecule has 0 aliphatic carbocycles. The molecule has 0 atom stereocenters. The van der Waals surface area contributed by atoms with Gasteiger partial charge in [-0.05, 0) is 30.3 Å². The molecule has 19 heavy (non-hydrogen) atoms. The van der Waals surface area contributed by atoms with Gasteiger partial charge in [0.25, 0.3) is 0 Å². The maximum absolute atomic E-state index is 5.39. The summed E-state index contributed by atoms with van der Waals surface area (Å²) in [4.78, 5) is 4.61. The van der Waals surface area contributed by atoms with Crippen LogP contribution in [0.5, 0.6) is 11.5 Å². The van der Waals surface area contributed by atoms with Crippen LogP contribution in [-0.4, -0.2) is 16.2 Å². The first-order chi connectivity index (χ1) is 9.29. The van der Waals surface area contributed by atoms with E-state index in [1.54, 1.807) is 0 Å².